The molecule has 0 aliphatic rings. The van der Waals surface area contributed by atoms with Crippen molar-refractivity contribution < 1.29 is 30.0 Å². The van der Waals surface area contributed by atoms with Crippen LogP contribution in [0.25, 0.3) is 0 Å². The van der Waals surface area contributed by atoms with E-state index in [1.54, 1.807) is 12.1 Å². The highest BCUT2D eigenvalue weighted by Crippen LogP contribution is 2.10. The van der Waals surface area contributed by atoms with E-state index in [2.05, 4.69) is 5.32 Å². The zero-order valence-electron chi connectivity index (χ0n) is 13.7. The number of nitrogens with two attached hydrogens (primary N) is 1. The lowest BCUT2D eigenvalue weighted by Gasteiger charge is -2.11. The molecule has 2 atom stereocenters. The molecule has 0 aliphatic carbocycles. The van der Waals surface area contributed by atoms with Crippen LogP contribution in [0.2, 0.25) is 0 Å². The maximum atomic E-state index is 10.4. The van der Waals surface area contributed by atoms with Crippen LogP contribution in [-0.2, 0) is 16.0 Å². The van der Waals surface area contributed by atoms with Gasteiger partial charge in [0.1, 0.15) is 17.8 Å². The van der Waals surface area contributed by atoms with E-state index in [9.17, 15) is 9.59 Å². The van der Waals surface area contributed by atoms with Gasteiger partial charge in [0.15, 0.2) is 0 Å². The van der Waals surface area contributed by atoms with Gasteiger partial charge in [0, 0.05) is 6.61 Å². The molecule has 0 saturated carbocycles. The van der Waals surface area contributed by atoms with Gasteiger partial charge < -0.3 is 31.5 Å². The summed E-state index contributed by atoms with van der Waals surface area (Å²) in [6, 6.07) is 4.83. The summed E-state index contributed by atoms with van der Waals surface area (Å²) >= 11 is 0. The van der Waals surface area contributed by atoms with Crippen molar-refractivity contribution in [1.29, 1.82) is 0 Å². The molecule has 1 aromatic carbocycles. The molecule has 8 heteroatoms. The number of benzene rings is 1. The van der Waals surface area contributed by atoms with Crippen molar-refractivity contribution in [3.8, 4) is 5.75 Å². The van der Waals surface area contributed by atoms with E-state index >= 15 is 0 Å². The van der Waals surface area contributed by atoms with Gasteiger partial charge in [0.2, 0.25) is 0 Å². The molecule has 0 spiro atoms. The van der Waals surface area contributed by atoms with Gasteiger partial charge in [0.05, 0.1) is 0 Å². The van der Waals surface area contributed by atoms with E-state index < -0.39 is 24.0 Å². The molecular formula is C16H26N2O6. The topological polar surface area (TPSA) is 153 Å². The number of phenolic OH excluding ortho intramolecular Hbond substituents is 1. The first-order valence-corrected chi connectivity index (χ1v) is 7.65. The number of nitrogens with one attached hydrogen (secondary N) is 1. The molecule has 0 amide bonds. The molecule has 0 aromatic heterocycles. The van der Waals surface area contributed by atoms with E-state index in [0.29, 0.717) is 6.54 Å². The number of phenols is 1. The number of hydrogen-bond donors (Lipinski definition) is 6. The van der Waals surface area contributed by atoms with Crippen LogP contribution in [0, 0.1) is 0 Å². The Balaban J connectivity index is 0.000000449. The van der Waals surface area contributed by atoms with Gasteiger partial charge in [-0.25, -0.2) is 0 Å². The van der Waals surface area contributed by atoms with Crippen molar-refractivity contribution in [3.63, 3.8) is 0 Å². The van der Waals surface area contributed by atoms with Crippen molar-refractivity contribution >= 4 is 11.9 Å². The molecule has 1 aromatic rings. The Kier molecular flexibility index (Phi) is 11.2. The van der Waals surface area contributed by atoms with Crippen molar-refractivity contribution in [2.24, 2.45) is 5.73 Å². The number of rotatable bonds is 9. The standard InChI is InChI=1S/C9H11NO3.C7H15NO3/c10-8(9(12)13)5-6-1-3-7(11)4-2-6;1-2-4-8-6(3-5-9)7(10)11/h1-4,8,11H,5,10H2,(H,12,13);6,8-9H,2-5H2,1H3,(H,10,11). The van der Waals surface area contributed by atoms with Crippen LogP contribution in [0.1, 0.15) is 25.3 Å². The molecule has 0 aliphatic heterocycles. The summed E-state index contributed by atoms with van der Waals surface area (Å²) < 4.78 is 0. The average molecular weight is 342 g/mol. The highest BCUT2D eigenvalue weighted by molar-refractivity contribution is 5.73. The van der Waals surface area contributed by atoms with Gasteiger partial charge >= 0.3 is 11.9 Å². The second kappa shape index (κ2) is 12.3. The van der Waals surface area contributed by atoms with Crippen molar-refractivity contribution in [2.45, 2.75) is 38.3 Å². The normalized spacial score (nSPS) is 12.6. The van der Waals surface area contributed by atoms with Crippen LogP contribution in [-0.4, -0.2) is 57.6 Å². The second-order valence-electron chi connectivity index (χ2n) is 5.17. The fourth-order valence-corrected chi connectivity index (χ4v) is 1.73. The lowest BCUT2D eigenvalue weighted by molar-refractivity contribution is -0.140. The third-order valence-corrected chi connectivity index (χ3v) is 3.07. The monoisotopic (exact) mass is 342 g/mol. The average Bonchev–Trinajstić information content (AvgIpc) is 2.53. The minimum atomic E-state index is -1.02. The predicted octanol–water partition coefficient (Wildman–Crippen LogP) is 0.168. The number of aromatic hydroxyl groups is 1. The summed E-state index contributed by atoms with van der Waals surface area (Å²) in [5, 5.41) is 37.3. The number of carbonyl (C=O) groups is 2. The Morgan fingerprint density at radius 1 is 1.17 bits per heavy atom. The van der Waals surface area contributed by atoms with E-state index in [0.717, 1.165) is 12.0 Å². The number of aliphatic hydroxyl groups is 1. The van der Waals surface area contributed by atoms with Crippen LogP contribution >= 0.6 is 0 Å². The van der Waals surface area contributed by atoms with E-state index in [1.165, 1.54) is 12.1 Å². The molecule has 8 nitrogen and oxygen atoms in total. The summed E-state index contributed by atoms with van der Waals surface area (Å²) in [6.45, 7) is 2.55. The third kappa shape index (κ3) is 9.78. The van der Waals surface area contributed by atoms with Gasteiger partial charge in [-0.2, -0.15) is 0 Å². The van der Waals surface area contributed by atoms with E-state index in [1.807, 2.05) is 6.92 Å². The van der Waals surface area contributed by atoms with E-state index in [4.69, 9.17) is 26.2 Å². The summed E-state index contributed by atoms with van der Waals surface area (Å²) in [5.74, 6) is -1.76. The van der Waals surface area contributed by atoms with Gasteiger partial charge in [-0.05, 0) is 43.5 Å². The van der Waals surface area contributed by atoms with Gasteiger partial charge in [0.25, 0.3) is 0 Å². The lowest BCUT2D eigenvalue weighted by Crippen LogP contribution is -2.37. The molecule has 0 fully saturated rings. The predicted molar refractivity (Wildman–Crippen MR) is 88.8 cm³/mol. The molecule has 136 valence electrons. The number of carboxylic acid groups (broad SMARTS) is 2. The summed E-state index contributed by atoms with van der Waals surface area (Å²) in [4.78, 5) is 20.8. The van der Waals surface area contributed by atoms with Crippen LogP contribution < -0.4 is 11.1 Å². The number of hydrogen-bond acceptors (Lipinski definition) is 6. The largest absolute Gasteiger partial charge is 0.508 e. The molecule has 2 unspecified atom stereocenters. The van der Waals surface area contributed by atoms with Gasteiger partial charge in [-0.15, -0.1) is 0 Å². The highest BCUT2D eigenvalue weighted by Gasteiger charge is 2.14. The smallest absolute Gasteiger partial charge is 0.320 e. The van der Waals surface area contributed by atoms with Crippen LogP contribution in [0.5, 0.6) is 5.75 Å². The number of aliphatic hydroxyl groups excluding tert-OH is 1. The van der Waals surface area contributed by atoms with Crippen LogP contribution in [0.4, 0.5) is 0 Å². The fourth-order valence-electron chi connectivity index (χ4n) is 1.73. The first-order valence-electron chi connectivity index (χ1n) is 7.65. The number of aliphatic carboxylic acids is 2. The maximum Gasteiger partial charge on any atom is 0.320 e. The Labute approximate surface area is 140 Å². The summed E-state index contributed by atoms with van der Waals surface area (Å²) in [6.07, 6.45) is 1.44. The Morgan fingerprint density at radius 2 is 1.75 bits per heavy atom. The molecule has 0 saturated heterocycles. The zero-order valence-corrected chi connectivity index (χ0v) is 13.7. The molecule has 7 N–H and O–H groups in total. The lowest BCUT2D eigenvalue weighted by atomic mass is 10.1. The van der Waals surface area contributed by atoms with Crippen molar-refractivity contribution in [1.82, 2.24) is 5.32 Å². The second-order valence-corrected chi connectivity index (χ2v) is 5.17. The Hall–Kier alpha value is -2.16. The van der Waals surface area contributed by atoms with Gasteiger partial charge in [-0.1, -0.05) is 19.1 Å². The molecule has 0 heterocycles. The number of carboxylic acids is 2. The summed E-state index contributed by atoms with van der Waals surface area (Å²) in [5.41, 5.74) is 6.12. The van der Waals surface area contributed by atoms with E-state index in [-0.39, 0.29) is 25.2 Å². The summed E-state index contributed by atoms with van der Waals surface area (Å²) in [7, 11) is 0. The fraction of sp³-hybridized carbons (Fsp3) is 0.500. The van der Waals surface area contributed by atoms with Gasteiger partial charge in [-0.3, -0.25) is 9.59 Å². The quantitative estimate of drug-likeness (QED) is 0.371. The first-order chi connectivity index (χ1) is 11.3. The first kappa shape index (κ1) is 21.8. The maximum absolute atomic E-state index is 10.4. The zero-order chi connectivity index (χ0) is 18.5. The SMILES string of the molecule is CCCNC(CCO)C(=O)O.NC(Cc1ccc(O)cc1)C(=O)O. The molecule has 0 bridgehead atoms. The van der Waals surface area contributed by atoms with Crippen molar-refractivity contribution in [3.05, 3.63) is 29.8 Å². The Bertz CT molecular complexity index is 492. The van der Waals surface area contributed by atoms with Crippen molar-refractivity contribution in [2.75, 3.05) is 13.2 Å². The van der Waals surface area contributed by atoms with Crippen LogP contribution in [0.3, 0.4) is 0 Å². The molecule has 1 rings (SSSR count). The molecule has 0 radical (unpaired) electrons. The minimum Gasteiger partial charge on any atom is -0.508 e. The Morgan fingerprint density at radius 3 is 2.17 bits per heavy atom. The van der Waals surface area contributed by atoms with Crippen LogP contribution in [0.15, 0.2) is 24.3 Å². The highest BCUT2D eigenvalue weighted by atomic mass is 16.4. The third-order valence-electron chi connectivity index (χ3n) is 3.07. The molecule has 24 heavy (non-hydrogen) atoms. The minimum absolute atomic E-state index is 0.0896. The molecular weight excluding hydrogens is 316 g/mol.